The molecule has 6 heteroatoms. The van der Waals surface area contributed by atoms with Crippen LogP contribution in [-0.4, -0.2) is 26.9 Å². The fourth-order valence-electron chi connectivity index (χ4n) is 1.69. The second kappa shape index (κ2) is 4.47. The summed E-state index contributed by atoms with van der Waals surface area (Å²) >= 11 is 1.53. The number of methoxy groups -OCH3 is 1. The molecule has 18 heavy (non-hydrogen) atoms. The molecule has 0 bridgehead atoms. The number of aromatic nitrogens is 4. The molecular formula is C12H12N4OS. The average Bonchev–Trinajstić information content (AvgIpc) is 2.93. The summed E-state index contributed by atoms with van der Waals surface area (Å²) < 4.78 is 6.81. The Balaban J connectivity index is 2.05. The third kappa shape index (κ3) is 1.89. The Morgan fingerprint density at radius 1 is 1.22 bits per heavy atom. The van der Waals surface area contributed by atoms with Gasteiger partial charge < -0.3 is 4.74 Å². The monoisotopic (exact) mass is 260 g/mol. The molecule has 1 aromatic carbocycles. The molecule has 3 rings (SSSR count). The maximum Gasteiger partial charge on any atom is 0.235 e. The second-order valence-electron chi connectivity index (χ2n) is 4.02. The summed E-state index contributed by atoms with van der Waals surface area (Å²) in [5.41, 5.74) is 2.33. The fourth-order valence-corrected chi connectivity index (χ4v) is 2.55. The van der Waals surface area contributed by atoms with Gasteiger partial charge in [-0.3, -0.25) is 0 Å². The highest BCUT2D eigenvalue weighted by molar-refractivity contribution is 7.19. The maximum absolute atomic E-state index is 5.07. The van der Waals surface area contributed by atoms with Crippen LogP contribution in [0.5, 0.6) is 0 Å². The van der Waals surface area contributed by atoms with Gasteiger partial charge in [-0.05, 0) is 6.92 Å². The van der Waals surface area contributed by atoms with Crippen LogP contribution in [0, 0.1) is 6.92 Å². The lowest BCUT2D eigenvalue weighted by atomic mass is 10.2. The zero-order valence-electron chi connectivity index (χ0n) is 10.1. The normalized spacial score (nSPS) is 11.2. The fraction of sp³-hybridized carbons (Fsp3) is 0.250. The van der Waals surface area contributed by atoms with Crippen molar-refractivity contribution in [2.24, 2.45) is 0 Å². The molecule has 0 saturated heterocycles. The molecule has 0 radical (unpaired) electrons. The number of fused-ring (bicyclic) bond motifs is 1. The third-order valence-electron chi connectivity index (χ3n) is 2.63. The standard InChI is InChI=1S/C12H12N4OS/c1-8-3-5-9(6-4-8)11-15-16-10(7-17-2)13-14-12(16)18-11/h3-6H,7H2,1-2H3. The van der Waals surface area contributed by atoms with E-state index in [1.54, 1.807) is 11.6 Å². The number of nitrogens with zero attached hydrogens (tertiary/aromatic N) is 4. The van der Waals surface area contributed by atoms with Crippen LogP contribution in [0.1, 0.15) is 11.4 Å². The summed E-state index contributed by atoms with van der Waals surface area (Å²) in [6.07, 6.45) is 0. The number of hydrogen-bond donors (Lipinski definition) is 0. The molecule has 92 valence electrons. The highest BCUT2D eigenvalue weighted by Gasteiger charge is 2.12. The molecular weight excluding hydrogens is 248 g/mol. The van der Waals surface area contributed by atoms with E-state index >= 15 is 0 Å². The Morgan fingerprint density at radius 2 is 2.00 bits per heavy atom. The van der Waals surface area contributed by atoms with Gasteiger partial charge in [0.25, 0.3) is 0 Å². The molecule has 0 fully saturated rings. The summed E-state index contributed by atoms with van der Waals surface area (Å²) in [7, 11) is 1.63. The van der Waals surface area contributed by atoms with Gasteiger partial charge in [0.15, 0.2) is 5.82 Å². The van der Waals surface area contributed by atoms with Crippen LogP contribution in [0.4, 0.5) is 0 Å². The first-order chi connectivity index (χ1) is 8.78. The van der Waals surface area contributed by atoms with E-state index in [0.717, 1.165) is 21.4 Å². The van der Waals surface area contributed by atoms with Gasteiger partial charge in [0.1, 0.15) is 11.6 Å². The van der Waals surface area contributed by atoms with Crippen LogP contribution < -0.4 is 0 Å². The van der Waals surface area contributed by atoms with Gasteiger partial charge >= 0.3 is 0 Å². The van der Waals surface area contributed by atoms with Crippen LogP contribution in [0.2, 0.25) is 0 Å². The predicted molar refractivity (Wildman–Crippen MR) is 69.5 cm³/mol. The molecule has 3 aromatic rings. The van der Waals surface area contributed by atoms with Crippen LogP contribution in [-0.2, 0) is 11.3 Å². The summed E-state index contributed by atoms with van der Waals surface area (Å²) in [4.78, 5) is 0.789. The van der Waals surface area contributed by atoms with Gasteiger partial charge in [-0.15, -0.1) is 10.2 Å². The van der Waals surface area contributed by atoms with Crippen LogP contribution >= 0.6 is 11.3 Å². The first-order valence-corrected chi connectivity index (χ1v) is 6.36. The van der Waals surface area contributed by atoms with E-state index in [9.17, 15) is 0 Å². The molecule has 0 atom stereocenters. The van der Waals surface area contributed by atoms with E-state index in [-0.39, 0.29) is 0 Å². The average molecular weight is 260 g/mol. The first kappa shape index (κ1) is 11.3. The molecule has 0 aliphatic carbocycles. The Labute approximate surface area is 108 Å². The lowest BCUT2D eigenvalue weighted by molar-refractivity contribution is 0.176. The predicted octanol–water partition coefficient (Wildman–Crippen LogP) is 2.31. The van der Waals surface area contributed by atoms with Gasteiger partial charge in [0.05, 0.1) is 0 Å². The molecule has 5 nitrogen and oxygen atoms in total. The molecule has 0 amide bonds. The molecule has 2 heterocycles. The Kier molecular flexibility index (Phi) is 2.81. The zero-order chi connectivity index (χ0) is 12.5. The van der Waals surface area contributed by atoms with E-state index in [2.05, 4.69) is 46.5 Å². The number of benzene rings is 1. The van der Waals surface area contributed by atoms with Gasteiger partial charge in [-0.1, -0.05) is 41.2 Å². The minimum Gasteiger partial charge on any atom is -0.377 e. The minimum atomic E-state index is 0.415. The van der Waals surface area contributed by atoms with Crippen LogP contribution in [0.25, 0.3) is 15.5 Å². The first-order valence-electron chi connectivity index (χ1n) is 5.55. The van der Waals surface area contributed by atoms with E-state index in [4.69, 9.17) is 4.74 Å². The van der Waals surface area contributed by atoms with Crippen molar-refractivity contribution in [3.05, 3.63) is 35.7 Å². The lowest BCUT2D eigenvalue weighted by Gasteiger charge is -1.96. The molecule has 0 aliphatic heterocycles. The van der Waals surface area contributed by atoms with Crippen molar-refractivity contribution in [1.29, 1.82) is 0 Å². The van der Waals surface area contributed by atoms with Crippen molar-refractivity contribution in [2.75, 3.05) is 7.11 Å². The summed E-state index contributed by atoms with van der Waals surface area (Å²) in [5.74, 6) is 0.724. The second-order valence-corrected chi connectivity index (χ2v) is 4.97. The number of rotatable bonds is 3. The van der Waals surface area contributed by atoms with Crippen molar-refractivity contribution in [3.8, 4) is 10.6 Å². The molecule has 0 unspecified atom stereocenters. The van der Waals surface area contributed by atoms with Gasteiger partial charge in [-0.2, -0.15) is 9.61 Å². The molecule has 0 saturated carbocycles. The maximum atomic E-state index is 5.07. The smallest absolute Gasteiger partial charge is 0.235 e. The van der Waals surface area contributed by atoms with E-state index in [1.807, 2.05) is 0 Å². The highest BCUT2D eigenvalue weighted by atomic mass is 32.1. The molecule has 0 aliphatic rings. The zero-order valence-corrected chi connectivity index (χ0v) is 10.9. The minimum absolute atomic E-state index is 0.415. The summed E-state index contributed by atoms with van der Waals surface area (Å²) in [6, 6.07) is 8.29. The van der Waals surface area contributed by atoms with Gasteiger partial charge in [-0.25, -0.2) is 0 Å². The molecule has 2 aromatic heterocycles. The third-order valence-corrected chi connectivity index (χ3v) is 3.58. The molecule has 0 N–H and O–H groups in total. The van der Waals surface area contributed by atoms with Crippen molar-refractivity contribution in [3.63, 3.8) is 0 Å². The Bertz CT molecular complexity index is 671. The highest BCUT2D eigenvalue weighted by Crippen LogP contribution is 2.25. The van der Waals surface area contributed by atoms with E-state index < -0.39 is 0 Å². The number of ether oxygens (including phenoxy) is 1. The molecule has 0 spiro atoms. The van der Waals surface area contributed by atoms with Crippen molar-refractivity contribution in [2.45, 2.75) is 13.5 Å². The topological polar surface area (TPSA) is 52.3 Å². The summed E-state index contributed by atoms with van der Waals surface area (Å²) in [5, 5.41) is 13.6. The summed E-state index contributed by atoms with van der Waals surface area (Å²) in [6.45, 7) is 2.48. The van der Waals surface area contributed by atoms with Crippen molar-refractivity contribution >= 4 is 16.3 Å². The SMILES string of the molecule is COCc1nnc2sc(-c3ccc(C)cc3)nn12. The van der Waals surface area contributed by atoms with E-state index in [0.29, 0.717) is 6.61 Å². The number of hydrogen-bond acceptors (Lipinski definition) is 5. The number of aryl methyl sites for hydroxylation is 1. The largest absolute Gasteiger partial charge is 0.377 e. The van der Waals surface area contributed by atoms with E-state index in [1.165, 1.54) is 16.9 Å². The van der Waals surface area contributed by atoms with Crippen molar-refractivity contribution < 1.29 is 4.74 Å². The van der Waals surface area contributed by atoms with Gasteiger partial charge in [0.2, 0.25) is 4.96 Å². The van der Waals surface area contributed by atoms with Crippen LogP contribution in [0.3, 0.4) is 0 Å². The van der Waals surface area contributed by atoms with Crippen LogP contribution in [0.15, 0.2) is 24.3 Å². The Morgan fingerprint density at radius 3 is 2.72 bits per heavy atom. The van der Waals surface area contributed by atoms with Gasteiger partial charge in [0, 0.05) is 12.7 Å². The quantitative estimate of drug-likeness (QED) is 0.725. The Hall–Kier alpha value is -1.79. The lowest BCUT2D eigenvalue weighted by Crippen LogP contribution is -1.97. The van der Waals surface area contributed by atoms with Crippen molar-refractivity contribution in [1.82, 2.24) is 19.8 Å².